The molecule has 1 aliphatic carbocycles. The molecule has 98 valence electrons. The van der Waals surface area contributed by atoms with E-state index in [1.165, 1.54) is 0 Å². The zero-order valence-electron chi connectivity index (χ0n) is 10.7. The SMILES string of the molecule is CCC1OCCC1CNC(=O)C1(N)CCCC1. The molecule has 2 atom stereocenters. The molecule has 2 aliphatic rings. The summed E-state index contributed by atoms with van der Waals surface area (Å²) in [6.45, 7) is 3.68. The van der Waals surface area contributed by atoms with Gasteiger partial charge in [-0.2, -0.15) is 0 Å². The van der Waals surface area contributed by atoms with Crippen molar-refractivity contribution in [1.82, 2.24) is 5.32 Å². The number of nitrogens with one attached hydrogen (secondary N) is 1. The molecule has 1 aliphatic heterocycles. The Bertz CT molecular complexity index is 275. The van der Waals surface area contributed by atoms with E-state index in [0.717, 1.165) is 51.7 Å². The van der Waals surface area contributed by atoms with Crippen LogP contribution in [0.4, 0.5) is 0 Å². The van der Waals surface area contributed by atoms with Crippen LogP contribution in [0.1, 0.15) is 45.4 Å². The highest BCUT2D eigenvalue weighted by molar-refractivity contribution is 5.86. The summed E-state index contributed by atoms with van der Waals surface area (Å²) in [5.74, 6) is 0.505. The molecule has 2 unspecified atom stereocenters. The fourth-order valence-electron chi connectivity index (χ4n) is 3.01. The molecule has 3 N–H and O–H groups in total. The highest BCUT2D eigenvalue weighted by Crippen LogP contribution is 2.28. The predicted octanol–water partition coefficient (Wildman–Crippen LogP) is 1.19. The van der Waals surface area contributed by atoms with E-state index in [0.29, 0.717) is 12.0 Å². The summed E-state index contributed by atoms with van der Waals surface area (Å²) in [6, 6.07) is 0. The maximum Gasteiger partial charge on any atom is 0.240 e. The fraction of sp³-hybridized carbons (Fsp3) is 0.923. The quantitative estimate of drug-likeness (QED) is 0.776. The Hall–Kier alpha value is -0.610. The number of amides is 1. The summed E-state index contributed by atoms with van der Waals surface area (Å²) in [5, 5.41) is 3.03. The van der Waals surface area contributed by atoms with Gasteiger partial charge in [-0.1, -0.05) is 19.8 Å². The Morgan fingerprint density at radius 1 is 1.47 bits per heavy atom. The first-order valence-electron chi connectivity index (χ1n) is 6.84. The van der Waals surface area contributed by atoms with Crippen LogP contribution in [-0.2, 0) is 9.53 Å². The van der Waals surface area contributed by atoms with Gasteiger partial charge in [0.2, 0.25) is 5.91 Å². The van der Waals surface area contributed by atoms with Crippen LogP contribution in [0.25, 0.3) is 0 Å². The van der Waals surface area contributed by atoms with Crippen LogP contribution >= 0.6 is 0 Å². The van der Waals surface area contributed by atoms with E-state index in [4.69, 9.17) is 10.5 Å². The number of rotatable bonds is 4. The summed E-state index contributed by atoms with van der Waals surface area (Å²) in [4.78, 5) is 12.0. The van der Waals surface area contributed by atoms with E-state index in [-0.39, 0.29) is 5.91 Å². The topological polar surface area (TPSA) is 64.3 Å². The largest absolute Gasteiger partial charge is 0.378 e. The minimum absolute atomic E-state index is 0.0387. The van der Waals surface area contributed by atoms with E-state index in [9.17, 15) is 4.79 Å². The molecule has 0 spiro atoms. The minimum Gasteiger partial charge on any atom is -0.378 e. The first kappa shape index (κ1) is 12.8. The van der Waals surface area contributed by atoms with Gasteiger partial charge in [0.25, 0.3) is 0 Å². The van der Waals surface area contributed by atoms with Crippen molar-refractivity contribution in [2.75, 3.05) is 13.2 Å². The number of carbonyl (C=O) groups excluding carboxylic acids is 1. The van der Waals surface area contributed by atoms with Crippen molar-refractivity contribution in [3.63, 3.8) is 0 Å². The lowest BCUT2D eigenvalue weighted by Crippen LogP contribution is -2.53. The number of hydrogen-bond acceptors (Lipinski definition) is 3. The van der Waals surface area contributed by atoms with E-state index >= 15 is 0 Å². The molecular formula is C13H24N2O2. The van der Waals surface area contributed by atoms with Crippen molar-refractivity contribution in [2.45, 2.75) is 57.1 Å². The Balaban J connectivity index is 1.79. The lowest BCUT2D eigenvalue weighted by molar-refractivity contribution is -0.126. The number of hydrogen-bond donors (Lipinski definition) is 2. The van der Waals surface area contributed by atoms with Crippen LogP contribution in [0, 0.1) is 5.92 Å². The molecule has 1 amide bonds. The molecule has 0 aromatic carbocycles. The van der Waals surface area contributed by atoms with Crippen LogP contribution in [0.2, 0.25) is 0 Å². The molecule has 0 bridgehead atoms. The molecule has 4 nitrogen and oxygen atoms in total. The van der Waals surface area contributed by atoms with Gasteiger partial charge in [0.1, 0.15) is 0 Å². The predicted molar refractivity (Wildman–Crippen MR) is 66.5 cm³/mol. The Labute approximate surface area is 103 Å². The maximum absolute atomic E-state index is 12.0. The molecule has 2 rings (SSSR count). The van der Waals surface area contributed by atoms with Gasteiger partial charge in [0.05, 0.1) is 11.6 Å². The Kier molecular flexibility index (Phi) is 4.05. The molecule has 1 heterocycles. The zero-order valence-corrected chi connectivity index (χ0v) is 10.7. The summed E-state index contributed by atoms with van der Waals surface area (Å²) >= 11 is 0. The highest BCUT2D eigenvalue weighted by atomic mass is 16.5. The van der Waals surface area contributed by atoms with Gasteiger partial charge in [-0.15, -0.1) is 0 Å². The molecular weight excluding hydrogens is 216 g/mol. The van der Waals surface area contributed by atoms with E-state index in [2.05, 4.69) is 12.2 Å². The van der Waals surface area contributed by atoms with Crippen LogP contribution in [0.15, 0.2) is 0 Å². The first-order valence-corrected chi connectivity index (χ1v) is 6.84. The van der Waals surface area contributed by atoms with Crippen LogP contribution in [-0.4, -0.2) is 30.7 Å². The van der Waals surface area contributed by atoms with Gasteiger partial charge in [0, 0.05) is 19.1 Å². The molecule has 0 aromatic heterocycles. The minimum atomic E-state index is -0.596. The summed E-state index contributed by atoms with van der Waals surface area (Å²) in [6.07, 6.45) is 6.20. The van der Waals surface area contributed by atoms with E-state index < -0.39 is 5.54 Å². The van der Waals surface area contributed by atoms with Crippen molar-refractivity contribution in [1.29, 1.82) is 0 Å². The van der Waals surface area contributed by atoms with Crippen LogP contribution in [0.5, 0.6) is 0 Å². The Morgan fingerprint density at radius 2 is 2.18 bits per heavy atom. The van der Waals surface area contributed by atoms with Crippen molar-refractivity contribution >= 4 is 5.91 Å². The van der Waals surface area contributed by atoms with Gasteiger partial charge in [0.15, 0.2) is 0 Å². The summed E-state index contributed by atoms with van der Waals surface area (Å²) in [5.41, 5.74) is 5.52. The van der Waals surface area contributed by atoms with Crippen molar-refractivity contribution < 1.29 is 9.53 Å². The maximum atomic E-state index is 12.0. The van der Waals surface area contributed by atoms with Crippen molar-refractivity contribution in [3.8, 4) is 0 Å². The lowest BCUT2D eigenvalue weighted by Gasteiger charge is -2.24. The average molecular weight is 240 g/mol. The standard InChI is InChI=1S/C13H24N2O2/c1-2-11-10(5-8-17-11)9-15-12(16)13(14)6-3-4-7-13/h10-11H,2-9,14H2,1H3,(H,15,16). The van der Waals surface area contributed by atoms with E-state index in [1.54, 1.807) is 0 Å². The average Bonchev–Trinajstić information content (AvgIpc) is 2.95. The van der Waals surface area contributed by atoms with Crippen LogP contribution < -0.4 is 11.1 Å². The molecule has 1 saturated heterocycles. The van der Waals surface area contributed by atoms with Crippen molar-refractivity contribution in [3.05, 3.63) is 0 Å². The second-order valence-corrected chi connectivity index (χ2v) is 5.44. The van der Waals surface area contributed by atoms with Crippen LogP contribution in [0.3, 0.4) is 0 Å². The second kappa shape index (κ2) is 5.36. The van der Waals surface area contributed by atoms with Gasteiger partial charge in [-0.05, 0) is 25.7 Å². The number of nitrogens with two attached hydrogens (primary N) is 1. The third-order valence-electron chi connectivity index (χ3n) is 4.22. The third-order valence-corrected chi connectivity index (χ3v) is 4.22. The molecule has 4 heteroatoms. The number of ether oxygens (including phenoxy) is 1. The zero-order chi connectivity index (χ0) is 12.3. The number of carbonyl (C=O) groups is 1. The van der Waals surface area contributed by atoms with Crippen molar-refractivity contribution in [2.24, 2.45) is 11.7 Å². The van der Waals surface area contributed by atoms with Gasteiger partial charge < -0.3 is 15.8 Å². The lowest BCUT2D eigenvalue weighted by atomic mass is 9.96. The molecule has 0 radical (unpaired) electrons. The highest BCUT2D eigenvalue weighted by Gasteiger charge is 2.37. The van der Waals surface area contributed by atoms with Gasteiger partial charge >= 0.3 is 0 Å². The fourth-order valence-corrected chi connectivity index (χ4v) is 3.01. The van der Waals surface area contributed by atoms with Gasteiger partial charge in [-0.25, -0.2) is 0 Å². The van der Waals surface area contributed by atoms with Gasteiger partial charge in [-0.3, -0.25) is 4.79 Å². The molecule has 2 fully saturated rings. The molecule has 0 aromatic rings. The summed E-state index contributed by atoms with van der Waals surface area (Å²) in [7, 11) is 0. The van der Waals surface area contributed by atoms with E-state index in [1.807, 2.05) is 0 Å². The summed E-state index contributed by atoms with van der Waals surface area (Å²) < 4.78 is 5.62. The molecule has 1 saturated carbocycles. The first-order chi connectivity index (χ1) is 8.15. The molecule has 17 heavy (non-hydrogen) atoms. The third kappa shape index (κ3) is 2.80. The normalized spacial score (nSPS) is 31.6. The monoisotopic (exact) mass is 240 g/mol. The Morgan fingerprint density at radius 3 is 2.82 bits per heavy atom. The second-order valence-electron chi connectivity index (χ2n) is 5.44. The smallest absolute Gasteiger partial charge is 0.240 e.